The molecule has 2 heterocycles. The van der Waals surface area contributed by atoms with E-state index in [0.29, 0.717) is 5.39 Å². The number of nitrogens with one attached hydrogen (secondary N) is 2. The molecule has 8 heteroatoms. The van der Waals surface area contributed by atoms with Gasteiger partial charge in [-0.2, -0.15) is 5.10 Å². The summed E-state index contributed by atoms with van der Waals surface area (Å²) in [6.45, 7) is 0. The number of alkyl halides is 1. The van der Waals surface area contributed by atoms with Crippen LogP contribution in [0.1, 0.15) is 30.0 Å². The standard InChI is InChI=1S/C19H13F4N3O/c20-8-1-2-10(12(22)6-8)15-16-14-11(18(27)26-25-16)5-9(21)7-13(14)24-17(15)19(23)3-4-19/h1-2,5-7,15,17,24H,3-4H2,(H,26,27)/t15-,17-/m0/s1. The predicted octanol–water partition coefficient (Wildman–Crippen LogP) is 3.77. The van der Waals surface area contributed by atoms with Crippen LogP contribution in [0.25, 0.3) is 10.8 Å². The van der Waals surface area contributed by atoms with Gasteiger partial charge in [0, 0.05) is 17.1 Å². The Hall–Kier alpha value is -2.90. The Morgan fingerprint density at radius 1 is 1.07 bits per heavy atom. The van der Waals surface area contributed by atoms with Crippen molar-refractivity contribution >= 4 is 16.5 Å². The molecule has 27 heavy (non-hydrogen) atoms. The minimum absolute atomic E-state index is 0.0391. The molecule has 2 aromatic carbocycles. The van der Waals surface area contributed by atoms with Gasteiger partial charge in [0.1, 0.15) is 23.1 Å². The third kappa shape index (κ3) is 2.35. The summed E-state index contributed by atoms with van der Waals surface area (Å²) in [6.07, 6.45) is 0.530. The molecule has 0 unspecified atom stereocenters. The number of aromatic nitrogens is 2. The van der Waals surface area contributed by atoms with E-state index in [1.54, 1.807) is 0 Å². The Bertz CT molecular complexity index is 1160. The van der Waals surface area contributed by atoms with Gasteiger partial charge in [-0.25, -0.2) is 22.7 Å². The number of hydrogen-bond acceptors (Lipinski definition) is 3. The average molecular weight is 375 g/mol. The molecular weight excluding hydrogens is 362 g/mol. The Morgan fingerprint density at radius 3 is 2.56 bits per heavy atom. The predicted molar refractivity (Wildman–Crippen MR) is 91.0 cm³/mol. The lowest BCUT2D eigenvalue weighted by Gasteiger charge is -2.36. The maximum Gasteiger partial charge on any atom is 0.272 e. The van der Waals surface area contributed by atoms with Gasteiger partial charge in [-0.1, -0.05) is 6.07 Å². The van der Waals surface area contributed by atoms with Crippen LogP contribution in [0.2, 0.25) is 0 Å². The molecular formula is C19H13F4N3O. The molecule has 3 aromatic rings. The summed E-state index contributed by atoms with van der Waals surface area (Å²) in [6, 6.07) is 4.38. The number of anilines is 1. The number of benzene rings is 2. The van der Waals surface area contributed by atoms with E-state index in [1.807, 2.05) is 0 Å². The van der Waals surface area contributed by atoms with Gasteiger partial charge < -0.3 is 5.32 Å². The second-order valence-corrected chi connectivity index (χ2v) is 7.11. The molecule has 2 atom stereocenters. The Labute approximate surface area is 150 Å². The van der Waals surface area contributed by atoms with Gasteiger partial charge in [0.25, 0.3) is 5.56 Å². The van der Waals surface area contributed by atoms with Gasteiger partial charge >= 0.3 is 0 Å². The molecule has 5 rings (SSSR count). The monoisotopic (exact) mass is 375 g/mol. The summed E-state index contributed by atoms with van der Waals surface area (Å²) in [7, 11) is 0. The fourth-order valence-electron chi connectivity index (χ4n) is 3.98. The van der Waals surface area contributed by atoms with Crippen molar-refractivity contribution in [2.24, 2.45) is 0 Å². The second-order valence-electron chi connectivity index (χ2n) is 7.11. The Balaban J connectivity index is 1.83. The van der Waals surface area contributed by atoms with Crippen molar-refractivity contribution in [3.05, 3.63) is 69.4 Å². The molecule has 1 aromatic heterocycles. The number of halogens is 4. The van der Waals surface area contributed by atoms with Gasteiger partial charge in [-0.3, -0.25) is 4.79 Å². The highest BCUT2D eigenvalue weighted by Crippen LogP contribution is 2.53. The molecule has 0 spiro atoms. The van der Waals surface area contributed by atoms with E-state index in [4.69, 9.17) is 0 Å². The van der Waals surface area contributed by atoms with E-state index in [9.17, 15) is 18.0 Å². The molecule has 0 radical (unpaired) electrons. The van der Waals surface area contributed by atoms with Crippen LogP contribution in [0.3, 0.4) is 0 Å². The maximum absolute atomic E-state index is 15.1. The van der Waals surface area contributed by atoms with E-state index in [2.05, 4.69) is 15.5 Å². The zero-order valence-electron chi connectivity index (χ0n) is 13.8. The van der Waals surface area contributed by atoms with E-state index in [0.717, 1.165) is 18.2 Å². The lowest BCUT2D eigenvalue weighted by molar-refractivity contribution is 0.251. The van der Waals surface area contributed by atoms with Crippen LogP contribution in [-0.4, -0.2) is 21.9 Å². The van der Waals surface area contributed by atoms with E-state index >= 15 is 4.39 Å². The minimum Gasteiger partial charge on any atom is -0.377 e. The molecule has 0 amide bonds. The van der Waals surface area contributed by atoms with Crippen LogP contribution >= 0.6 is 0 Å². The maximum atomic E-state index is 15.1. The molecule has 0 bridgehead atoms. The van der Waals surface area contributed by atoms with Crippen LogP contribution < -0.4 is 10.9 Å². The summed E-state index contributed by atoms with van der Waals surface area (Å²) in [4.78, 5) is 12.1. The van der Waals surface area contributed by atoms with E-state index in [-0.39, 0.29) is 35.2 Å². The first-order chi connectivity index (χ1) is 12.9. The molecule has 0 saturated heterocycles. The molecule has 1 fully saturated rings. The van der Waals surface area contributed by atoms with Crippen LogP contribution in [0.15, 0.2) is 35.1 Å². The largest absolute Gasteiger partial charge is 0.377 e. The highest BCUT2D eigenvalue weighted by atomic mass is 19.1. The fraction of sp³-hybridized carbons (Fsp3) is 0.263. The van der Waals surface area contributed by atoms with Gasteiger partial charge in [0.15, 0.2) is 0 Å². The summed E-state index contributed by atoms with van der Waals surface area (Å²) in [5, 5.41) is 9.65. The lowest BCUT2D eigenvalue weighted by atomic mass is 9.80. The van der Waals surface area contributed by atoms with Crippen LogP contribution in [0.5, 0.6) is 0 Å². The number of aromatic amines is 1. The average Bonchev–Trinajstić information content (AvgIpc) is 3.36. The number of H-pyrrole nitrogens is 1. The molecule has 4 nitrogen and oxygen atoms in total. The highest BCUT2D eigenvalue weighted by molar-refractivity contribution is 5.97. The molecule has 2 N–H and O–H groups in total. The Morgan fingerprint density at radius 2 is 1.85 bits per heavy atom. The normalized spacial score (nSPS) is 22.5. The van der Waals surface area contributed by atoms with Crippen molar-refractivity contribution in [1.82, 2.24) is 10.2 Å². The molecule has 2 aliphatic rings. The van der Waals surface area contributed by atoms with E-state index < -0.39 is 40.6 Å². The van der Waals surface area contributed by atoms with Crippen molar-refractivity contribution in [2.75, 3.05) is 5.32 Å². The summed E-state index contributed by atoms with van der Waals surface area (Å²) < 4.78 is 57.1. The summed E-state index contributed by atoms with van der Waals surface area (Å²) >= 11 is 0. The zero-order valence-corrected chi connectivity index (χ0v) is 13.8. The Kier molecular flexibility index (Phi) is 3.20. The van der Waals surface area contributed by atoms with Crippen LogP contribution in [-0.2, 0) is 0 Å². The number of hydrogen-bond donors (Lipinski definition) is 2. The lowest BCUT2D eigenvalue weighted by Crippen LogP contribution is -2.42. The number of nitrogens with zero attached hydrogens (tertiary/aromatic N) is 1. The molecule has 138 valence electrons. The van der Waals surface area contributed by atoms with Crippen molar-refractivity contribution < 1.29 is 17.6 Å². The van der Waals surface area contributed by atoms with Crippen LogP contribution in [0.4, 0.5) is 23.2 Å². The topological polar surface area (TPSA) is 57.8 Å². The van der Waals surface area contributed by atoms with Gasteiger partial charge in [0.05, 0.1) is 23.0 Å². The SMILES string of the molecule is O=c1[nH]nc2c3c(cc(F)cc13)N[C@H](C1(F)CC1)[C@H]2c1ccc(F)cc1F. The summed E-state index contributed by atoms with van der Waals surface area (Å²) in [5.74, 6) is -3.14. The van der Waals surface area contributed by atoms with Crippen LogP contribution in [0, 0.1) is 17.5 Å². The summed E-state index contributed by atoms with van der Waals surface area (Å²) in [5.41, 5.74) is -1.69. The second kappa shape index (κ2) is 5.31. The van der Waals surface area contributed by atoms with Crippen molar-refractivity contribution in [3.63, 3.8) is 0 Å². The van der Waals surface area contributed by atoms with Crippen molar-refractivity contribution in [3.8, 4) is 0 Å². The fourth-order valence-corrected chi connectivity index (χ4v) is 3.98. The van der Waals surface area contributed by atoms with Gasteiger partial charge in [-0.05, 0) is 36.6 Å². The smallest absolute Gasteiger partial charge is 0.272 e. The van der Waals surface area contributed by atoms with Crippen molar-refractivity contribution in [2.45, 2.75) is 30.5 Å². The number of rotatable bonds is 2. The van der Waals surface area contributed by atoms with Gasteiger partial charge in [0.2, 0.25) is 0 Å². The molecule has 1 aliphatic heterocycles. The highest BCUT2D eigenvalue weighted by Gasteiger charge is 2.56. The van der Waals surface area contributed by atoms with E-state index in [1.165, 1.54) is 12.1 Å². The van der Waals surface area contributed by atoms with Crippen molar-refractivity contribution in [1.29, 1.82) is 0 Å². The molecule has 1 saturated carbocycles. The third-order valence-corrected chi connectivity index (χ3v) is 5.40. The first-order valence-electron chi connectivity index (χ1n) is 8.50. The third-order valence-electron chi connectivity index (χ3n) is 5.40. The first-order valence-corrected chi connectivity index (χ1v) is 8.50. The zero-order chi connectivity index (χ0) is 18.9. The quantitative estimate of drug-likeness (QED) is 0.671. The minimum atomic E-state index is -1.63. The first kappa shape index (κ1) is 16.3. The van der Waals surface area contributed by atoms with Gasteiger partial charge in [-0.15, -0.1) is 0 Å². The molecule has 1 aliphatic carbocycles.